The molecule has 4 rings (SSSR count). The molecule has 3 aromatic rings. The van der Waals surface area contributed by atoms with Gasteiger partial charge in [0.25, 0.3) is 0 Å². The SMILES string of the molecule is CS(=O)(=O)Nc1cccc(Nc2cc(-c3cccc(CN4CCOCC4)c3)ncn2)c1. The highest BCUT2D eigenvalue weighted by atomic mass is 32.2. The van der Waals surface area contributed by atoms with Crippen LogP contribution < -0.4 is 10.0 Å². The molecule has 2 heterocycles. The van der Waals surface area contributed by atoms with Crippen molar-refractivity contribution in [2.45, 2.75) is 6.54 Å². The molecule has 31 heavy (non-hydrogen) atoms. The summed E-state index contributed by atoms with van der Waals surface area (Å²) in [5, 5.41) is 3.21. The van der Waals surface area contributed by atoms with Gasteiger partial charge in [0.05, 0.1) is 30.9 Å². The Balaban J connectivity index is 1.50. The van der Waals surface area contributed by atoms with Crippen LogP contribution in [-0.2, 0) is 21.3 Å². The van der Waals surface area contributed by atoms with Crippen molar-refractivity contribution in [3.05, 3.63) is 66.5 Å². The fraction of sp³-hybridized carbons (Fsp3) is 0.273. The summed E-state index contributed by atoms with van der Waals surface area (Å²) in [5.41, 5.74) is 4.26. The normalized spacial score (nSPS) is 14.9. The van der Waals surface area contributed by atoms with E-state index >= 15 is 0 Å². The summed E-state index contributed by atoms with van der Waals surface area (Å²) in [7, 11) is -3.34. The van der Waals surface area contributed by atoms with Crippen molar-refractivity contribution >= 4 is 27.2 Å². The van der Waals surface area contributed by atoms with Crippen LogP contribution in [0.1, 0.15) is 5.56 Å². The van der Waals surface area contributed by atoms with Crippen molar-refractivity contribution in [2.75, 3.05) is 42.6 Å². The van der Waals surface area contributed by atoms with Gasteiger partial charge in [-0.25, -0.2) is 18.4 Å². The van der Waals surface area contributed by atoms with E-state index in [-0.39, 0.29) is 0 Å². The maximum absolute atomic E-state index is 11.5. The summed E-state index contributed by atoms with van der Waals surface area (Å²) in [6.07, 6.45) is 2.64. The Morgan fingerprint density at radius 3 is 2.58 bits per heavy atom. The molecule has 162 valence electrons. The van der Waals surface area contributed by atoms with E-state index in [1.54, 1.807) is 18.2 Å². The Labute approximate surface area is 182 Å². The van der Waals surface area contributed by atoms with Crippen LogP contribution in [0, 0.1) is 0 Å². The molecule has 1 aliphatic heterocycles. The van der Waals surface area contributed by atoms with Crippen LogP contribution >= 0.6 is 0 Å². The largest absolute Gasteiger partial charge is 0.379 e. The predicted molar refractivity (Wildman–Crippen MR) is 122 cm³/mol. The first-order valence-electron chi connectivity index (χ1n) is 10.0. The van der Waals surface area contributed by atoms with Crippen molar-refractivity contribution in [2.24, 2.45) is 0 Å². The van der Waals surface area contributed by atoms with E-state index < -0.39 is 10.0 Å². The molecule has 2 aromatic carbocycles. The number of rotatable bonds is 7. The third-order valence-corrected chi connectivity index (χ3v) is 5.44. The van der Waals surface area contributed by atoms with Crippen LogP contribution in [0.2, 0.25) is 0 Å². The minimum Gasteiger partial charge on any atom is -0.379 e. The highest BCUT2D eigenvalue weighted by molar-refractivity contribution is 7.92. The summed E-state index contributed by atoms with van der Waals surface area (Å²) in [6, 6.07) is 17.3. The molecule has 1 saturated heterocycles. The lowest BCUT2D eigenvalue weighted by Gasteiger charge is -2.26. The molecule has 0 spiro atoms. The van der Waals surface area contributed by atoms with Gasteiger partial charge in [-0.15, -0.1) is 0 Å². The zero-order valence-electron chi connectivity index (χ0n) is 17.3. The van der Waals surface area contributed by atoms with Gasteiger partial charge < -0.3 is 10.1 Å². The molecule has 1 fully saturated rings. The van der Waals surface area contributed by atoms with Gasteiger partial charge in [0.1, 0.15) is 12.1 Å². The fourth-order valence-corrected chi connectivity index (χ4v) is 4.01. The van der Waals surface area contributed by atoms with E-state index in [0.717, 1.165) is 56.0 Å². The molecular formula is C22H25N5O3S. The topological polar surface area (TPSA) is 96.5 Å². The number of sulfonamides is 1. The first-order valence-corrected chi connectivity index (χ1v) is 11.9. The van der Waals surface area contributed by atoms with E-state index in [1.165, 1.54) is 11.9 Å². The molecule has 1 aromatic heterocycles. The van der Waals surface area contributed by atoms with Crippen LogP contribution in [0.15, 0.2) is 60.9 Å². The monoisotopic (exact) mass is 439 g/mol. The van der Waals surface area contributed by atoms with E-state index in [1.807, 2.05) is 24.3 Å². The molecule has 2 N–H and O–H groups in total. The third-order valence-electron chi connectivity index (χ3n) is 4.84. The maximum Gasteiger partial charge on any atom is 0.229 e. The van der Waals surface area contributed by atoms with Gasteiger partial charge in [-0.05, 0) is 29.8 Å². The van der Waals surface area contributed by atoms with Crippen LogP contribution in [0.3, 0.4) is 0 Å². The molecule has 0 unspecified atom stereocenters. The van der Waals surface area contributed by atoms with Crippen molar-refractivity contribution in [3.8, 4) is 11.3 Å². The number of benzene rings is 2. The lowest BCUT2D eigenvalue weighted by atomic mass is 10.1. The van der Waals surface area contributed by atoms with Crippen LogP contribution in [0.25, 0.3) is 11.3 Å². The highest BCUT2D eigenvalue weighted by Gasteiger charge is 2.11. The van der Waals surface area contributed by atoms with Crippen molar-refractivity contribution in [1.29, 1.82) is 0 Å². The van der Waals surface area contributed by atoms with Crippen molar-refractivity contribution in [3.63, 3.8) is 0 Å². The van der Waals surface area contributed by atoms with Gasteiger partial charge in [0, 0.05) is 37.0 Å². The smallest absolute Gasteiger partial charge is 0.229 e. The predicted octanol–water partition coefficient (Wildman–Crippen LogP) is 3.09. The first kappa shape index (κ1) is 21.2. The summed E-state index contributed by atoms with van der Waals surface area (Å²) < 4.78 is 30.8. The molecule has 0 saturated carbocycles. The van der Waals surface area contributed by atoms with Gasteiger partial charge in [-0.3, -0.25) is 9.62 Å². The summed E-state index contributed by atoms with van der Waals surface area (Å²) in [5.74, 6) is 0.625. The number of ether oxygens (including phenoxy) is 1. The molecule has 0 aliphatic carbocycles. The molecule has 0 amide bonds. The highest BCUT2D eigenvalue weighted by Crippen LogP contribution is 2.24. The van der Waals surface area contributed by atoms with Crippen molar-refractivity contribution < 1.29 is 13.2 Å². The van der Waals surface area contributed by atoms with E-state index in [0.29, 0.717) is 11.5 Å². The Bertz CT molecular complexity index is 1150. The summed E-state index contributed by atoms with van der Waals surface area (Å²) >= 11 is 0. The van der Waals surface area contributed by atoms with Gasteiger partial charge in [-0.1, -0.05) is 24.3 Å². The minimum atomic E-state index is -3.34. The zero-order valence-corrected chi connectivity index (χ0v) is 18.1. The summed E-state index contributed by atoms with van der Waals surface area (Å²) in [6.45, 7) is 4.33. The van der Waals surface area contributed by atoms with E-state index in [4.69, 9.17) is 4.74 Å². The van der Waals surface area contributed by atoms with Gasteiger partial charge in [0.2, 0.25) is 10.0 Å². The van der Waals surface area contributed by atoms with Crippen molar-refractivity contribution in [1.82, 2.24) is 14.9 Å². The lowest BCUT2D eigenvalue weighted by molar-refractivity contribution is 0.0342. The van der Waals surface area contributed by atoms with Crippen LogP contribution in [0.5, 0.6) is 0 Å². The number of hydrogen-bond acceptors (Lipinski definition) is 7. The number of aromatic nitrogens is 2. The van der Waals surface area contributed by atoms with Gasteiger partial charge in [-0.2, -0.15) is 0 Å². The molecule has 0 atom stereocenters. The lowest BCUT2D eigenvalue weighted by Crippen LogP contribution is -2.35. The second-order valence-corrected chi connectivity index (χ2v) is 9.21. The Hall–Kier alpha value is -3.01. The zero-order chi connectivity index (χ0) is 21.7. The standard InChI is InChI=1S/C22H25N5O3S/c1-31(28,29)26-20-7-3-6-19(13-20)25-22-14-21(23-16-24-22)18-5-2-4-17(12-18)15-27-8-10-30-11-9-27/h2-7,12-14,16,26H,8-11,15H2,1H3,(H,23,24,25). The van der Waals surface area contributed by atoms with Crippen LogP contribution in [0.4, 0.5) is 17.2 Å². The quantitative estimate of drug-likeness (QED) is 0.584. The Kier molecular flexibility index (Phi) is 6.45. The number of anilines is 3. The Morgan fingerprint density at radius 1 is 1.00 bits per heavy atom. The number of morpholine rings is 1. The Morgan fingerprint density at radius 2 is 1.77 bits per heavy atom. The summed E-state index contributed by atoms with van der Waals surface area (Å²) in [4.78, 5) is 11.1. The van der Waals surface area contributed by atoms with Gasteiger partial charge >= 0.3 is 0 Å². The van der Waals surface area contributed by atoms with E-state index in [2.05, 4.69) is 37.0 Å². The minimum absolute atomic E-state index is 0.484. The number of hydrogen-bond donors (Lipinski definition) is 2. The maximum atomic E-state index is 11.5. The molecule has 0 radical (unpaired) electrons. The van der Waals surface area contributed by atoms with Crippen LogP contribution in [-0.4, -0.2) is 55.8 Å². The molecule has 8 nitrogen and oxygen atoms in total. The van der Waals surface area contributed by atoms with E-state index in [9.17, 15) is 8.42 Å². The fourth-order valence-electron chi connectivity index (χ4n) is 3.45. The first-order chi connectivity index (χ1) is 14.9. The average molecular weight is 440 g/mol. The van der Waals surface area contributed by atoms with Gasteiger partial charge in [0.15, 0.2) is 0 Å². The number of nitrogens with one attached hydrogen (secondary N) is 2. The molecule has 0 bridgehead atoms. The second kappa shape index (κ2) is 9.42. The number of nitrogens with zero attached hydrogens (tertiary/aromatic N) is 3. The average Bonchev–Trinajstić information content (AvgIpc) is 2.74. The molecule has 1 aliphatic rings. The second-order valence-electron chi connectivity index (χ2n) is 7.46. The molecular weight excluding hydrogens is 414 g/mol. The third kappa shape index (κ3) is 6.24. The molecule has 9 heteroatoms.